The monoisotopic (exact) mass is 353 g/mol. The fraction of sp³-hybridized carbons (Fsp3) is 0.667. The van der Waals surface area contributed by atoms with E-state index in [2.05, 4.69) is 48.8 Å². The van der Waals surface area contributed by atoms with Gasteiger partial charge < -0.3 is 10.5 Å². The molecule has 0 radical (unpaired) electrons. The van der Waals surface area contributed by atoms with Crippen LogP contribution in [-0.4, -0.2) is 12.6 Å². The summed E-state index contributed by atoms with van der Waals surface area (Å²) in [5, 5.41) is 0. The smallest absolute Gasteiger partial charge is 0.133 e. The lowest BCUT2D eigenvalue weighted by Crippen LogP contribution is -2.55. The van der Waals surface area contributed by atoms with E-state index in [0.717, 1.165) is 23.1 Å². The predicted molar refractivity (Wildman–Crippen MR) is 92.7 cm³/mol. The zero-order valence-electron chi connectivity index (χ0n) is 13.7. The summed E-state index contributed by atoms with van der Waals surface area (Å²) >= 11 is 3.58. The first kappa shape index (κ1) is 16.8. The largest absolute Gasteiger partial charge is 0.496 e. The Kier molecular flexibility index (Phi) is 5.04. The van der Waals surface area contributed by atoms with Crippen molar-refractivity contribution in [2.45, 2.75) is 58.4 Å². The zero-order chi connectivity index (χ0) is 15.7. The third-order valence-electron chi connectivity index (χ3n) is 4.87. The van der Waals surface area contributed by atoms with Gasteiger partial charge in [0.05, 0.1) is 11.6 Å². The van der Waals surface area contributed by atoms with Gasteiger partial charge in [0.15, 0.2) is 0 Å². The molecule has 0 amide bonds. The number of hydrogen-bond donors (Lipinski definition) is 1. The lowest BCUT2D eigenvalue weighted by molar-refractivity contribution is 0.0793. The molecule has 0 bridgehead atoms. The Balaban J connectivity index is 2.24. The van der Waals surface area contributed by atoms with E-state index in [0.29, 0.717) is 5.92 Å². The highest BCUT2D eigenvalue weighted by molar-refractivity contribution is 9.10. The van der Waals surface area contributed by atoms with Gasteiger partial charge >= 0.3 is 0 Å². The molecule has 1 aliphatic carbocycles. The van der Waals surface area contributed by atoms with Gasteiger partial charge in [-0.25, -0.2) is 0 Å². The van der Waals surface area contributed by atoms with Crippen LogP contribution in [0.2, 0.25) is 0 Å². The van der Waals surface area contributed by atoms with Gasteiger partial charge in [0.1, 0.15) is 5.75 Å². The molecule has 0 heterocycles. The molecule has 2 rings (SSSR count). The fourth-order valence-corrected chi connectivity index (χ4v) is 4.56. The van der Waals surface area contributed by atoms with Gasteiger partial charge in [-0.1, -0.05) is 39.7 Å². The molecular formula is C18H28BrNO. The predicted octanol–water partition coefficient (Wildman–Crippen LogP) is 4.93. The van der Waals surface area contributed by atoms with Crippen molar-refractivity contribution in [2.24, 2.45) is 17.1 Å². The number of methoxy groups -OCH3 is 1. The topological polar surface area (TPSA) is 35.2 Å². The maximum absolute atomic E-state index is 6.90. The van der Waals surface area contributed by atoms with E-state index in [1.165, 1.54) is 24.8 Å². The number of hydrogen-bond acceptors (Lipinski definition) is 2. The van der Waals surface area contributed by atoms with Crippen molar-refractivity contribution >= 4 is 15.9 Å². The van der Waals surface area contributed by atoms with Gasteiger partial charge in [-0.2, -0.15) is 0 Å². The van der Waals surface area contributed by atoms with E-state index in [1.807, 2.05) is 6.07 Å². The molecule has 1 aliphatic rings. The molecule has 2 nitrogen and oxygen atoms in total. The van der Waals surface area contributed by atoms with Gasteiger partial charge in [0.25, 0.3) is 0 Å². The Labute approximate surface area is 137 Å². The molecule has 1 fully saturated rings. The van der Waals surface area contributed by atoms with Gasteiger partial charge in [-0.3, -0.25) is 0 Å². The number of halogens is 1. The van der Waals surface area contributed by atoms with Gasteiger partial charge in [-0.15, -0.1) is 0 Å². The van der Waals surface area contributed by atoms with Crippen molar-refractivity contribution < 1.29 is 4.74 Å². The molecule has 1 aromatic rings. The molecule has 2 unspecified atom stereocenters. The second-order valence-corrected chi connectivity index (χ2v) is 8.40. The Hall–Kier alpha value is -0.540. The summed E-state index contributed by atoms with van der Waals surface area (Å²) in [7, 11) is 1.70. The summed E-state index contributed by atoms with van der Waals surface area (Å²) in [6.45, 7) is 6.98. The van der Waals surface area contributed by atoms with E-state index in [1.54, 1.807) is 7.11 Å². The Morgan fingerprint density at radius 3 is 2.62 bits per heavy atom. The first-order valence-electron chi connectivity index (χ1n) is 7.87. The molecular weight excluding hydrogens is 326 g/mol. The van der Waals surface area contributed by atoms with E-state index in [4.69, 9.17) is 10.5 Å². The quantitative estimate of drug-likeness (QED) is 0.835. The maximum atomic E-state index is 6.90. The summed E-state index contributed by atoms with van der Waals surface area (Å²) in [6, 6.07) is 6.33. The lowest BCUT2D eigenvalue weighted by Gasteiger charge is -2.48. The molecule has 2 atom stereocenters. The third kappa shape index (κ3) is 3.81. The van der Waals surface area contributed by atoms with Crippen LogP contribution in [0.4, 0.5) is 0 Å². The summed E-state index contributed by atoms with van der Waals surface area (Å²) < 4.78 is 6.32. The van der Waals surface area contributed by atoms with Crippen LogP contribution >= 0.6 is 15.9 Å². The third-order valence-corrected chi connectivity index (χ3v) is 5.49. The van der Waals surface area contributed by atoms with Gasteiger partial charge in [-0.05, 0) is 64.2 Å². The van der Waals surface area contributed by atoms with E-state index < -0.39 is 0 Å². The van der Waals surface area contributed by atoms with E-state index in [9.17, 15) is 0 Å². The molecule has 0 spiro atoms. The molecule has 0 aromatic heterocycles. The Morgan fingerprint density at radius 1 is 1.33 bits per heavy atom. The second-order valence-electron chi connectivity index (χ2n) is 7.54. The Bertz CT molecular complexity index is 494. The first-order valence-corrected chi connectivity index (χ1v) is 8.67. The van der Waals surface area contributed by atoms with Crippen molar-refractivity contribution in [2.75, 3.05) is 7.11 Å². The van der Waals surface area contributed by atoms with Crippen LogP contribution < -0.4 is 10.5 Å². The Morgan fingerprint density at radius 2 is 2.05 bits per heavy atom. The van der Waals surface area contributed by atoms with Crippen LogP contribution in [-0.2, 0) is 6.42 Å². The number of rotatable bonds is 3. The minimum absolute atomic E-state index is 0.0927. The number of ether oxygens (including phenoxy) is 1. The second kappa shape index (κ2) is 6.29. The molecule has 1 saturated carbocycles. The van der Waals surface area contributed by atoms with Crippen LogP contribution in [0.15, 0.2) is 22.7 Å². The zero-order valence-corrected chi connectivity index (χ0v) is 15.3. The summed E-state index contributed by atoms with van der Waals surface area (Å²) in [6.07, 6.45) is 5.88. The normalized spacial score (nSPS) is 26.7. The van der Waals surface area contributed by atoms with Crippen molar-refractivity contribution in [1.82, 2.24) is 0 Å². The lowest BCUT2D eigenvalue weighted by atomic mass is 9.61. The van der Waals surface area contributed by atoms with Crippen LogP contribution in [0, 0.1) is 11.3 Å². The fourth-order valence-electron chi connectivity index (χ4n) is 3.97. The molecule has 3 heteroatoms. The van der Waals surface area contributed by atoms with Crippen molar-refractivity contribution in [3.05, 3.63) is 28.2 Å². The highest BCUT2D eigenvalue weighted by Crippen LogP contribution is 2.44. The standard InChI is InChI=1S/C18H28BrNO/c1-17(2,3)16-7-5-6-10-18(16,20)12-13-8-9-15(21-4)14(19)11-13/h8-9,11,16H,5-7,10,12,20H2,1-4H3. The van der Waals surface area contributed by atoms with Crippen LogP contribution in [0.25, 0.3) is 0 Å². The highest BCUT2D eigenvalue weighted by atomic mass is 79.9. The average molecular weight is 354 g/mol. The molecule has 1 aromatic carbocycles. The molecule has 21 heavy (non-hydrogen) atoms. The summed E-state index contributed by atoms with van der Waals surface area (Å²) in [5.74, 6) is 1.44. The van der Waals surface area contributed by atoms with E-state index in [-0.39, 0.29) is 11.0 Å². The average Bonchev–Trinajstić information content (AvgIpc) is 2.37. The van der Waals surface area contributed by atoms with Crippen LogP contribution in [0.3, 0.4) is 0 Å². The minimum Gasteiger partial charge on any atom is -0.496 e. The number of benzene rings is 1. The summed E-state index contributed by atoms with van der Waals surface area (Å²) in [4.78, 5) is 0. The highest BCUT2D eigenvalue weighted by Gasteiger charge is 2.43. The van der Waals surface area contributed by atoms with Crippen molar-refractivity contribution in [1.29, 1.82) is 0 Å². The van der Waals surface area contributed by atoms with Gasteiger partial charge in [0, 0.05) is 5.54 Å². The van der Waals surface area contributed by atoms with Gasteiger partial charge in [0.2, 0.25) is 0 Å². The molecule has 0 saturated heterocycles. The summed E-state index contributed by atoms with van der Waals surface area (Å²) in [5.41, 5.74) is 8.36. The maximum Gasteiger partial charge on any atom is 0.133 e. The van der Waals surface area contributed by atoms with Crippen molar-refractivity contribution in [3.8, 4) is 5.75 Å². The molecule has 118 valence electrons. The van der Waals surface area contributed by atoms with Crippen LogP contribution in [0.5, 0.6) is 5.75 Å². The van der Waals surface area contributed by atoms with Crippen LogP contribution in [0.1, 0.15) is 52.0 Å². The molecule has 2 N–H and O–H groups in total. The van der Waals surface area contributed by atoms with E-state index >= 15 is 0 Å². The molecule has 0 aliphatic heterocycles. The SMILES string of the molecule is COc1ccc(CC2(N)CCCCC2C(C)(C)C)cc1Br. The van der Waals surface area contributed by atoms with Crippen molar-refractivity contribution in [3.63, 3.8) is 0 Å². The number of nitrogens with two attached hydrogens (primary N) is 1. The first-order chi connectivity index (χ1) is 9.76. The minimum atomic E-state index is -0.0927.